The summed E-state index contributed by atoms with van der Waals surface area (Å²) in [5.41, 5.74) is 0.542. The third-order valence-electron chi connectivity index (χ3n) is 5.95. The molecule has 0 radical (unpaired) electrons. The minimum absolute atomic E-state index is 0.155. The van der Waals surface area contributed by atoms with E-state index in [9.17, 15) is 9.18 Å². The van der Waals surface area contributed by atoms with Crippen LogP contribution in [0.25, 0.3) is 0 Å². The molecule has 1 amide bonds. The summed E-state index contributed by atoms with van der Waals surface area (Å²) in [5.74, 6) is 1.06. The Kier molecular flexibility index (Phi) is 5.19. The van der Waals surface area contributed by atoms with E-state index in [2.05, 4.69) is 12.1 Å². The van der Waals surface area contributed by atoms with E-state index in [-0.39, 0.29) is 23.1 Å². The van der Waals surface area contributed by atoms with E-state index in [0.717, 1.165) is 38.9 Å². The van der Waals surface area contributed by atoms with Crippen LogP contribution in [0, 0.1) is 12.7 Å². The van der Waals surface area contributed by atoms with Crippen LogP contribution >= 0.6 is 0 Å². The topological polar surface area (TPSA) is 68.5 Å². The van der Waals surface area contributed by atoms with Crippen LogP contribution in [0.5, 0.6) is 0 Å². The van der Waals surface area contributed by atoms with Gasteiger partial charge in [0, 0.05) is 43.2 Å². The van der Waals surface area contributed by atoms with Gasteiger partial charge in [-0.25, -0.2) is 4.39 Å². The molecule has 2 aliphatic heterocycles. The quantitative estimate of drug-likeness (QED) is 0.805. The smallest absolute Gasteiger partial charge is 0.253 e. The maximum atomic E-state index is 13.9. The van der Waals surface area contributed by atoms with Crippen LogP contribution in [0.4, 0.5) is 4.39 Å². The minimum atomic E-state index is -0.371. The van der Waals surface area contributed by atoms with Crippen LogP contribution in [0.2, 0.25) is 0 Å². The van der Waals surface area contributed by atoms with E-state index in [1.165, 1.54) is 6.07 Å². The summed E-state index contributed by atoms with van der Waals surface area (Å²) in [6.07, 6.45) is 3.51. The number of likely N-dealkylation sites (tertiary alicyclic amines) is 1. The predicted molar refractivity (Wildman–Crippen MR) is 101 cm³/mol. The Morgan fingerprint density at radius 2 is 2.11 bits per heavy atom. The molecule has 1 atom stereocenters. The van der Waals surface area contributed by atoms with Gasteiger partial charge in [0.25, 0.3) is 5.91 Å². The standard InChI is InChI=1S/C21H26FN3O3/c1-14-4-5-16(12-17(14)22)19(26)25-9-3-8-21(2,13-25)20-23-18(28-24-20)15-6-10-27-11-7-15/h4-5,12,15H,3,6-11,13H2,1-2H3. The molecule has 2 saturated heterocycles. The molecule has 4 rings (SSSR count). The van der Waals surface area contributed by atoms with Gasteiger partial charge in [-0.3, -0.25) is 4.79 Å². The molecule has 1 unspecified atom stereocenters. The number of ether oxygens (including phenoxy) is 1. The first-order valence-electron chi connectivity index (χ1n) is 9.93. The van der Waals surface area contributed by atoms with Gasteiger partial charge in [-0.1, -0.05) is 18.1 Å². The van der Waals surface area contributed by atoms with Crippen molar-refractivity contribution in [2.45, 2.75) is 50.9 Å². The molecule has 0 aliphatic carbocycles. The second kappa shape index (κ2) is 7.62. The lowest BCUT2D eigenvalue weighted by Gasteiger charge is -2.38. The molecule has 2 aromatic rings. The number of nitrogens with zero attached hydrogens (tertiary/aromatic N) is 3. The SMILES string of the molecule is Cc1ccc(C(=O)N2CCCC(C)(c3noc(C4CCOCC4)n3)C2)cc1F. The number of carbonyl (C=O) groups is 1. The Balaban J connectivity index is 1.51. The summed E-state index contributed by atoms with van der Waals surface area (Å²) in [6.45, 7) is 6.33. The van der Waals surface area contributed by atoms with Crippen molar-refractivity contribution in [2.24, 2.45) is 0 Å². The van der Waals surface area contributed by atoms with Gasteiger partial charge in [-0.15, -0.1) is 0 Å². The molecule has 0 bridgehead atoms. The number of piperidine rings is 1. The lowest BCUT2D eigenvalue weighted by molar-refractivity contribution is 0.0641. The van der Waals surface area contributed by atoms with Gasteiger partial charge in [-0.05, 0) is 50.3 Å². The number of amides is 1. The Labute approximate surface area is 164 Å². The fourth-order valence-corrected chi connectivity index (χ4v) is 4.09. The first kappa shape index (κ1) is 19.1. The van der Waals surface area contributed by atoms with E-state index >= 15 is 0 Å². The van der Waals surface area contributed by atoms with Gasteiger partial charge in [0.15, 0.2) is 5.82 Å². The molecule has 3 heterocycles. The van der Waals surface area contributed by atoms with Crippen LogP contribution in [-0.4, -0.2) is 47.3 Å². The highest BCUT2D eigenvalue weighted by atomic mass is 19.1. The van der Waals surface area contributed by atoms with Gasteiger partial charge in [0.05, 0.1) is 0 Å². The number of hydrogen-bond donors (Lipinski definition) is 0. The van der Waals surface area contributed by atoms with Crippen molar-refractivity contribution in [1.82, 2.24) is 15.0 Å². The fourth-order valence-electron chi connectivity index (χ4n) is 4.09. The zero-order chi connectivity index (χ0) is 19.7. The molecule has 0 spiro atoms. The monoisotopic (exact) mass is 387 g/mol. The minimum Gasteiger partial charge on any atom is -0.381 e. The number of benzene rings is 1. The van der Waals surface area contributed by atoms with Crippen LogP contribution in [0.3, 0.4) is 0 Å². The van der Waals surface area contributed by atoms with Gasteiger partial charge in [0.1, 0.15) is 5.82 Å². The van der Waals surface area contributed by atoms with Crippen molar-refractivity contribution in [3.8, 4) is 0 Å². The highest BCUT2D eigenvalue weighted by Gasteiger charge is 2.39. The summed E-state index contributed by atoms with van der Waals surface area (Å²) in [6, 6.07) is 4.65. The maximum absolute atomic E-state index is 13.9. The first-order valence-corrected chi connectivity index (χ1v) is 9.93. The zero-order valence-electron chi connectivity index (χ0n) is 16.4. The van der Waals surface area contributed by atoms with Crippen LogP contribution in [-0.2, 0) is 10.2 Å². The van der Waals surface area contributed by atoms with Gasteiger partial charge in [0.2, 0.25) is 5.89 Å². The normalized spacial score (nSPS) is 23.8. The third-order valence-corrected chi connectivity index (χ3v) is 5.95. The molecule has 1 aromatic carbocycles. The second-order valence-electron chi connectivity index (χ2n) is 8.20. The molecule has 1 aromatic heterocycles. The molecule has 0 saturated carbocycles. The highest BCUT2D eigenvalue weighted by molar-refractivity contribution is 5.94. The van der Waals surface area contributed by atoms with Gasteiger partial charge in [-0.2, -0.15) is 4.98 Å². The summed E-state index contributed by atoms with van der Waals surface area (Å²) in [4.78, 5) is 19.4. The Morgan fingerprint density at radius 3 is 2.86 bits per heavy atom. The number of hydrogen-bond acceptors (Lipinski definition) is 5. The lowest BCUT2D eigenvalue weighted by atomic mass is 9.81. The largest absolute Gasteiger partial charge is 0.381 e. The van der Waals surface area contributed by atoms with Gasteiger partial charge >= 0.3 is 0 Å². The average Bonchev–Trinajstić information content (AvgIpc) is 3.21. The number of rotatable bonds is 3. The summed E-state index contributed by atoms with van der Waals surface area (Å²) in [5, 5.41) is 4.25. The van der Waals surface area contributed by atoms with Crippen molar-refractivity contribution in [3.63, 3.8) is 0 Å². The Bertz CT molecular complexity index is 862. The zero-order valence-corrected chi connectivity index (χ0v) is 16.4. The maximum Gasteiger partial charge on any atom is 0.253 e. The molecule has 2 fully saturated rings. The van der Waals surface area contributed by atoms with Crippen LogP contribution in [0.1, 0.15) is 66.2 Å². The highest BCUT2D eigenvalue weighted by Crippen LogP contribution is 2.34. The molecular weight excluding hydrogens is 361 g/mol. The van der Waals surface area contributed by atoms with Crippen molar-refractivity contribution in [2.75, 3.05) is 26.3 Å². The number of halogens is 1. The van der Waals surface area contributed by atoms with Crippen LogP contribution in [0.15, 0.2) is 22.7 Å². The predicted octanol–water partition coefficient (Wildman–Crippen LogP) is 3.61. The number of carbonyl (C=O) groups excluding carboxylic acids is 1. The summed E-state index contributed by atoms with van der Waals surface area (Å²) >= 11 is 0. The first-order chi connectivity index (χ1) is 13.5. The molecule has 2 aliphatic rings. The molecule has 7 heteroatoms. The molecule has 150 valence electrons. The number of aromatic nitrogens is 2. The second-order valence-corrected chi connectivity index (χ2v) is 8.20. The third kappa shape index (κ3) is 3.68. The Hall–Kier alpha value is -2.28. The van der Waals surface area contributed by atoms with E-state index in [0.29, 0.717) is 35.9 Å². The molecular formula is C21H26FN3O3. The van der Waals surface area contributed by atoms with E-state index in [1.807, 2.05) is 0 Å². The van der Waals surface area contributed by atoms with Crippen molar-refractivity contribution in [3.05, 3.63) is 46.9 Å². The fraction of sp³-hybridized carbons (Fsp3) is 0.571. The van der Waals surface area contributed by atoms with E-state index in [4.69, 9.17) is 14.2 Å². The van der Waals surface area contributed by atoms with Gasteiger partial charge < -0.3 is 14.2 Å². The van der Waals surface area contributed by atoms with E-state index < -0.39 is 0 Å². The van der Waals surface area contributed by atoms with Crippen molar-refractivity contribution < 1.29 is 18.4 Å². The average molecular weight is 387 g/mol. The number of aryl methyl sites for hydroxylation is 1. The van der Waals surface area contributed by atoms with Crippen molar-refractivity contribution in [1.29, 1.82) is 0 Å². The van der Waals surface area contributed by atoms with Crippen LogP contribution < -0.4 is 0 Å². The molecule has 6 nitrogen and oxygen atoms in total. The summed E-state index contributed by atoms with van der Waals surface area (Å²) < 4.78 is 24.9. The summed E-state index contributed by atoms with van der Waals surface area (Å²) in [7, 11) is 0. The molecule has 0 N–H and O–H groups in total. The Morgan fingerprint density at radius 1 is 1.32 bits per heavy atom. The molecule has 28 heavy (non-hydrogen) atoms. The van der Waals surface area contributed by atoms with E-state index in [1.54, 1.807) is 24.0 Å². The lowest BCUT2D eigenvalue weighted by Crippen LogP contribution is -2.47. The van der Waals surface area contributed by atoms with Crippen molar-refractivity contribution >= 4 is 5.91 Å².